The Labute approximate surface area is 269 Å². The molecule has 8 rings (SSSR count). The van der Waals surface area contributed by atoms with Gasteiger partial charge in [-0.25, -0.2) is 14.3 Å². The number of imide groups is 1. The van der Waals surface area contributed by atoms with Crippen LogP contribution >= 0.6 is 0 Å². The van der Waals surface area contributed by atoms with Gasteiger partial charge in [0.15, 0.2) is 0 Å². The van der Waals surface area contributed by atoms with Crippen molar-refractivity contribution in [1.29, 1.82) is 0 Å². The molecule has 0 bridgehead atoms. The Kier molecular flexibility index (Phi) is 6.24. The van der Waals surface area contributed by atoms with Gasteiger partial charge in [-0.1, -0.05) is 72.8 Å². The number of carbonyl (C=O) groups excluding carboxylic acids is 3. The van der Waals surface area contributed by atoms with E-state index in [4.69, 9.17) is 9.47 Å². The number of fused-ring (bicyclic) bond motifs is 10. The number of amides is 2. The molecule has 47 heavy (non-hydrogen) atoms. The van der Waals surface area contributed by atoms with Crippen molar-refractivity contribution in [2.75, 3.05) is 7.05 Å². The number of aromatic nitrogens is 3. The minimum absolute atomic E-state index is 0.233. The number of pyridine rings is 1. The van der Waals surface area contributed by atoms with Crippen LogP contribution in [0, 0.1) is 0 Å². The van der Waals surface area contributed by atoms with Crippen molar-refractivity contribution < 1.29 is 23.9 Å². The van der Waals surface area contributed by atoms with Gasteiger partial charge in [0, 0.05) is 34.8 Å². The maximum absolute atomic E-state index is 14.4. The zero-order chi connectivity index (χ0) is 32.6. The van der Waals surface area contributed by atoms with E-state index in [9.17, 15) is 14.4 Å². The van der Waals surface area contributed by atoms with Gasteiger partial charge in [-0.15, -0.1) is 0 Å². The molecular weight excluding hydrogens is 592 g/mol. The summed E-state index contributed by atoms with van der Waals surface area (Å²) in [7, 11) is 1.47. The Morgan fingerprint density at radius 1 is 0.766 bits per heavy atom. The van der Waals surface area contributed by atoms with Crippen LogP contribution in [0.5, 0.6) is 5.75 Å². The largest absolute Gasteiger partial charge is 0.479 e. The summed E-state index contributed by atoms with van der Waals surface area (Å²) in [6.45, 7) is 5.40. The summed E-state index contributed by atoms with van der Waals surface area (Å²) >= 11 is 0. The van der Waals surface area contributed by atoms with E-state index >= 15 is 0 Å². The smallest absolute Gasteiger partial charge is 0.419 e. The van der Waals surface area contributed by atoms with E-state index in [1.165, 1.54) is 11.6 Å². The van der Waals surface area contributed by atoms with Gasteiger partial charge in [-0.3, -0.25) is 14.5 Å². The van der Waals surface area contributed by atoms with Gasteiger partial charge in [-0.2, -0.15) is 0 Å². The molecule has 0 atom stereocenters. The average Bonchev–Trinajstić information content (AvgIpc) is 3.69. The third kappa shape index (κ3) is 4.30. The Morgan fingerprint density at radius 2 is 1.38 bits per heavy atom. The summed E-state index contributed by atoms with van der Waals surface area (Å²) < 4.78 is 14.4. The van der Waals surface area contributed by atoms with Gasteiger partial charge >= 0.3 is 6.09 Å². The molecular formula is C38H30N4O5. The molecule has 4 aromatic carbocycles. The van der Waals surface area contributed by atoms with Gasteiger partial charge < -0.3 is 14.5 Å². The lowest BCUT2D eigenvalue weighted by Gasteiger charge is -2.23. The first-order chi connectivity index (χ1) is 22.6. The number of nitrogens with zero attached hydrogens (tertiary/aromatic N) is 3. The molecule has 7 aromatic rings. The van der Waals surface area contributed by atoms with Gasteiger partial charge in [0.25, 0.3) is 11.8 Å². The topological polar surface area (TPSA) is 107 Å². The van der Waals surface area contributed by atoms with Crippen LogP contribution in [0.15, 0.2) is 97.2 Å². The van der Waals surface area contributed by atoms with Crippen LogP contribution in [-0.2, 0) is 4.74 Å². The predicted molar refractivity (Wildman–Crippen MR) is 180 cm³/mol. The van der Waals surface area contributed by atoms with E-state index < -0.39 is 29.6 Å². The zero-order valence-corrected chi connectivity index (χ0v) is 26.2. The van der Waals surface area contributed by atoms with Crippen molar-refractivity contribution in [3.05, 3.63) is 119 Å². The molecule has 1 aliphatic heterocycles. The van der Waals surface area contributed by atoms with Gasteiger partial charge in [0.1, 0.15) is 28.6 Å². The highest BCUT2D eigenvalue weighted by Crippen LogP contribution is 2.47. The van der Waals surface area contributed by atoms with Crippen molar-refractivity contribution in [2.24, 2.45) is 0 Å². The fraction of sp³-hybridized carbons (Fsp3) is 0.158. The van der Waals surface area contributed by atoms with Gasteiger partial charge in [0.2, 0.25) is 0 Å². The highest BCUT2D eigenvalue weighted by Gasteiger charge is 2.41. The van der Waals surface area contributed by atoms with Crippen LogP contribution in [0.2, 0.25) is 0 Å². The molecule has 3 aromatic heterocycles. The molecule has 1 aliphatic rings. The molecule has 0 radical (unpaired) electrons. The number of H-pyrrole nitrogens is 1. The predicted octanol–water partition coefficient (Wildman–Crippen LogP) is 8.00. The number of para-hydroxylation sites is 1. The molecule has 9 nitrogen and oxygen atoms in total. The second-order valence-corrected chi connectivity index (χ2v) is 12.7. The second-order valence-electron chi connectivity index (χ2n) is 12.7. The van der Waals surface area contributed by atoms with Crippen LogP contribution in [0.3, 0.4) is 0 Å². The molecule has 9 heteroatoms. The molecule has 0 unspecified atom stereocenters. The number of hydrogen-bond acceptors (Lipinski definition) is 6. The maximum atomic E-state index is 14.4. The number of aromatic amines is 1. The van der Waals surface area contributed by atoms with Crippen molar-refractivity contribution >= 4 is 61.6 Å². The Balaban J connectivity index is 1.52. The second kappa shape index (κ2) is 10.3. The van der Waals surface area contributed by atoms with Crippen molar-refractivity contribution in [3.63, 3.8) is 0 Å². The summed E-state index contributed by atoms with van der Waals surface area (Å²) in [4.78, 5) is 51.1. The average molecular weight is 623 g/mol. The van der Waals surface area contributed by atoms with Gasteiger partial charge in [-0.05, 0) is 50.1 Å². The highest BCUT2D eigenvalue weighted by atomic mass is 16.6. The Morgan fingerprint density at radius 3 is 2.02 bits per heavy atom. The Bertz CT molecular complexity index is 2380. The summed E-state index contributed by atoms with van der Waals surface area (Å²) in [5, 5.41) is 2.23. The highest BCUT2D eigenvalue weighted by molar-refractivity contribution is 6.39. The van der Waals surface area contributed by atoms with Crippen molar-refractivity contribution in [2.45, 2.75) is 32.5 Å². The molecule has 0 aliphatic carbocycles. The number of carbonyl (C=O) groups is 3. The van der Waals surface area contributed by atoms with Crippen molar-refractivity contribution in [3.8, 4) is 5.75 Å². The molecule has 0 saturated carbocycles. The number of rotatable bonds is 4. The minimum Gasteiger partial charge on any atom is -0.479 e. The molecule has 2 amide bonds. The lowest BCUT2D eigenvalue weighted by molar-refractivity contribution is 0.0549. The van der Waals surface area contributed by atoms with Crippen LogP contribution in [0.25, 0.3) is 43.7 Å². The Hall–Kier alpha value is -5.96. The summed E-state index contributed by atoms with van der Waals surface area (Å²) in [5.41, 5.74) is 3.37. The molecule has 0 fully saturated rings. The van der Waals surface area contributed by atoms with E-state index in [1.807, 2.05) is 84.9 Å². The summed E-state index contributed by atoms with van der Waals surface area (Å²) in [6.07, 6.45) is 0.477. The first-order valence-corrected chi connectivity index (χ1v) is 15.4. The van der Waals surface area contributed by atoms with E-state index in [0.717, 1.165) is 16.0 Å². The standard InChI is InChI=1S/C38H30N4O5/c1-38(2,3)47-37(45)42-31-23(17-11-19-25(31)46-33(21-13-7-5-8-14-21)22-15-9-6-10-16-22)27-29-28(35(43)41(4)36(29)44)26-24-18-12-20-39-34(24)40-30(26)32(27)42/h5-20,33H,1-4H3,(H,39,40). The lowest BCUT2D eigenvalue weighted by Crippen LogP contribution is -2.27. The van der Waals surface area contributed by atoms with E-state index in [0.29, 0.717) is 49.5 Å². The normalized spacial score (nSPS) is 13.4. The molecule has 0 saturated heterocycles. The third-order valence-corrected chi connectivity index (χ3v) is 8.57. The molecule has 0 spiro atoms. The fourth-order valence-corrected chi connectivity index (χ4v) is 6.66. The van der Waals surface area contributed by atoms with E-state index in [-0.39, 0.29) is 11.1 Å². The van der Waals surface area contributed by atoms with E-state index in [1.54, 1.807) is 33.0 Å². The van der Waals surface area contributed by atoms with Crippen LogP contribution < -0.4 is 4.74 Å². The van der Waals surface area contributed by atoms with Gasteiger partial charge in [0.05, 0.1) is 22.2 Å². The molecule has 1 N–H and O–H groups in total. The number of ether oxygens (including phenoxy) is 2. The number of hydrogen-bond donors (Lipinski definition) is 1. The summed E-state index contributed by atoms with van der Waals surface area (Å²) in [6, 6.07) is 28.8. The quantitative estimate of drug-likeness (QED) is 0.199. The first kappa shape index (κ1) is 28.5. The van der Waals surface area contributed by atoms with Crippen molar-refractivity contribution in [1.82, 2.24) is 19.4 Å². The van der Waals surface area contributed by atoms with E-state index in [2.05, 4.69) is 9.97 Å². The SMILES string of the molecule is CN1C(=O)c2c(c3c4cccc(OC(c5ccccc5)c5ccccc5)c4n(C(=O)OC(C)(C)C)c3c3[nH]c4ncccc4c23)C1=O. The molecule has 232 valence electrons. The molecule has 4 heterocycles. The van der Waals surface area contributed by atoms with Crippen LogP contribution in [0.4, 0.5) is 4.79 Å². The summed E-state index contributed by atoms with van der Waals surface area (Å²) in [5.74, 6) is -0.458. The third-order valence-electron chi connectivity index (χ3n) is 8.57. The monoisotopic (exact) mass is 622 g/mol. The number of nitrogens with one attached hydrogen (secondary N) is 1. The number of benzene rings is 4. The lowest BCUT2D eigenvalue weighted by atomic mass is 9.97. The fourth-order valence-electron chi connectivity index (χ4n) is 6.66. The maximum Gasteiger partial charge on any atom is 0.419 e. The van der Waals surface area contributed by atoms with Crippen LogP contribution in [0.1, 0.15) is 58.7 Å². The zero-order valence-electron chi connectivity index (χ0n) is 26.2. The first-order valence-electron chi connectivity index (χ1n) is 15.4. The minimum atomic E-state index is -0.837. The van der Waals surface area contributed by atoms with Crippen LogP contribution in [-0.4, -0.2) is 50.0 Å².